The molecule has 7 N–H and O–H groups in total. The maximum absolute atomic E-state index is 16.5. The molecular weight excluding hydrogens is 523 g/mol. The molecule has 3 aliphatic carbocycles. The molecule has 1 aromatic carbocycles. The number of Topliss-reactive ketones (excluding diaryl/α,β-unsaturated/α-hetero) is 2. The summed E-state index contributed by atoms with van der Waals surface area (Å²) in [6.45, 7) is 4.00. The Morgan fingerprint density at radius 3 is 2.58 bits per heavy atom. The molecule has 0 unspecified atom stereocenters. The highest BCUT2D eigenvalue weighted by molar-refractivity contribution is 6.24. The van der Waals surface area contributed by atoms with Gasteiger partial charge in [-0.1, -0.05) is 6.92 Å². The first-order valence-electron chi connectivity index (χ1n) is 13.6. The lowest BCUT2D eigenvalue weighted by atomic mass is 9.57. The third kappa shape index (κ3) is 3.18. The van der Waals surface area contributed by atoms with Gasteiger partial charge in [-0.15, -0.1) is 0 Å². The van der Waals surface area contributed by atoms with E-state index in [4.69, 9.17) is 5.73 Å². The fourth-order valence-corrected chi connectivity index (χ4v) is 7.96. The number of phenols is 1. The number of aliphatic hydroxyl groups excluding tert-OH is 2. The van der Waals surface area contributed by atoms with Gasteiger partial charge < -0.3 is 31.5 Å². The molecule has 0 bridgehead atoms. The smallest absolute Gasteiger partial charge is 0.255 e. The highest BCUT2D eigenvalue weighted by Gasteiger charge is 2.64. The minimum Gasteiger partial charge on any atom is -0.508 e. The average molecular weight is 557 g/mol. The van der Waals surface area contributed by atoms with Gasteiger partial charge >= 0.3 is 0 Å². The van der Waals surface area contributed by atoms with Crippen molar-refractivity contribution in [3.8, 4) is 5.75 Å². The Labute approximate surface area is 229 Å². The molecule has 214 valence electrons. The summed E-state index contributed by atoms with van der Waals surface area (Å²) in [4.78, 5) is 42.9. The molecule has 40 heavy (non-hydrogen) atoms. The number of hydrogen-bond donors (Lipinski definition) is 6. The third-order valence-electron chi connectivity index (χ3n) is 9.73. The summed E-state index contributed by atoms with van der Waals surface area (Å²) in [6.07, 6.45) is 0.707. The molecule has 2 heterocycles. The van der Waals surface area contributed by atoms with Crippen LogP contribution in [0.25, 0.3) is 5.76 Å². The van der Waals surface area contributed by atoms with Gasteiger partial charge in [0.15, 0.2) is 11.4 Å². The van der Waals surface area contributed by atoms with Gasteiger partial charge in [-0.05, 0) is 58.3 Å². The number of aliphatic hydroxyl groups is 3. The summed E-state index contributed by atoms with van der Waals surface area (Å²) >= 11 is 0. The Bertz CT molecular complexity index is 1450. The maximum Gasteiger partial charge on any atom is 0.255 e. The molecule has 5 aliphatic rings. The number of aromatic hydroxyl groups is 1. The average Bonchev–Trinajstić information content (AvgIpc) is 3.32. The lowest BCUT2D eigenvalue weighted by Gasteiger charge is -2.50. The van der Waals surface area contributed by atoms with Crippen molar-refractivity contribution < 1.29 is 39.2 Å². The topological polar surface area (TPSA) is 177 Å². The summed E-state index contributed by atoms with van der Waals surface area (Å²) in [7, 11) is 3.06. The van der Waals surface area contributed by atoms with Gasteiger partial charge in [-0.25, -0.2) is 4.39 Å². The highest BCUT2D eigenvalue weighted by Crippen LogP contribution is 2.56. The van der Waals surface area contributed by atoms with Crippen LogP contribution in [0, 0.1) is 23.6 Å². The van der Waals surface area contributed by atoms with Crippen molar-refractivity contribution in [3.63, 3.8) is 0 Å². The van der Waals surface area contributed by atoms with Crippen LogP contribution in [-0.2, 0) is 20.8 Å². The molecular formula is C28H33FN4O7. The molecule has 0 radical (unpaired) electrons. The van der Waals surface area contributed by atoms with Gasteiger partial charge in [0.25, 0.3) is 5.91 Å². The van der Waals surface area contributed by atoms with Crippen LogP contribution in [0.15, 0.2) is 16.9 Å². The number of anilines is 1. The van der Waals surface area contributed by atoms with E-state index in [1.807, 2.05) is 6.92 Å². The summed E-state index contributed by atoms with van der Waals surface area (Å²) in [5.74, 6) is -7.94. The molecule has 11 nitrogen and oxygen atoms in total. The van der Waals surface area contributed by atoms with Crippen molar-refractivity contribution in [2.24, 2.45) is 23.5 Å². The van der Waals surface area contributed by atoms with Gasteiger partial charge in [0.2, 0.25) is 5.78 Å². The predicted octanol–water partition coefficient (Wildman–Crippen LogP) is 0.912. The zero-order valence-corrected chi connectivity index (χ0v) is 22.5. The van der Waals surface area contributed by atoms with Crippen LogP contribution in [-0.4, -0.2) is 93.1 Å². The molecule has 2 fully saturated rings. The number of ketones is 2. The molecule has 2 aliphatic heterocycles. The van der Waals surface area contributed by atoms with E-state index < -0.39 is 63.9 Å². The normalized spacial score (nSPS) is 33.3. The number of carbonyl (C=O) groups excluding carboxylic acids is 3. The molecule has 6 rings (SSSR count). The Hall–Kier alpha value is -3.48. The van der Waals surface area contributed by atoms with E-state index >= 15 is 4.39 Å². The molecule has 1 amide bonds. The summed E-state index contributed by atoms with van der Waals surface area (Å²) in [5, 5.41) is 48.6. The van der Waals surface area contributed by atoms with Gasteiger partial charge in [-0.2, -0.15) is 0 Å². The fraction of sp³-hybridized carbons (Fsp3) is 0.536. The van der Waals surface area contributed by atoms with Crippen molar-refractivity contribution in [1.82, 2.24) is 9.80 Å². The molecule has 1 aromatic rings. The first-order valence-corrected chi connectivity index (χ1v) is 13.6. The lowest BCUT2D eigenvalue weighted by Crippen LogP contribution is -2.65. The first-order chi connectivity index (χ1) is 18.9. The number of nitrogens with zero attached hydrogens (tertiary/aromatic N) is 2. The first kappa shape index (κ1) is 26.7. The van der Waals surface area contributed by atoms with Crippen LogP contribution in [0.5, 0.6) is 5.75 Å². The maximum atomic E-state index is 16.5. The number of halogens is 1. The Balaban J connectivity index is 1.56. The molecule has 6 atom stereocenters. The minimum atomic E-state index is -2.73. The number of likely N-dealkylation sites (N-methyl/N-ethyl adjacent to an activating group) is 1. The van der Waals surface area contributed by atoms with Crippen molar-refractivity contribution in [2.45, 2.75) is 43.9 Å². The zero-order valence-electron chi connectivity index (χ0n) is 22.5. The second-order valence-corrected chi connectivity index (χ2v) is 11.8. The number of fused-ring (bicyclic) bond motifs is 6. The van der Waals surface area contributed by atoms with Crippen LogP contribution in [0.2, 0.25) is 0 Å². The van der Waals surface area contributed by atoms with E-state index in [2.05, 4.69) is 10.2 Å². The van der Waals surface area contributed by atoms with E-state index in [1.54, 1.807) is 0 Å². The van der Waals surface area contributed by atoms with E-state index in [1.165, 1.54) is 19.0 Å². The molecule has 12 heteroatoms. The number of likely N-dealkylation sites (tertiary alicyclic amines) is 1. The van der Waals surface area contributed by atoms with Crippen molar-refractivity contribution >= 4 is 28.9 Å². The standard InChI is InChI=1S/C28H33FN4O7/c1-4-33-6-5-10-9-31-19-16(20(10)33)18(29)12-7-11-8-13-21(32(2)3)24(36)17(27(30)39)26(38)28(13,40)25(37)14(11)22(34)15(12)23(19)35/h10-11,13,20-21,31,34-35,38,40H,4-9H2,1-3H3,(H2,30,39)/t10-,11-,13-,20-,21-,28-/m0/s1. The Morgan fingerprint density at radius 2 is 1.95 bits per heavy atom. The van der Waals surface area contributed by atoms with Crippen molar-refractivity contribution in [3.05, 3.63) is 39.4 Å². The molecule has 0 aromatic heterocycles. The number of rotatable bonds is 3. The number of primary amides is 1. The quantitative estimate of drug-likeness (QED) is 0.232. The van der Waals surface area contributed by atoms with E-state index in [0.29, 0.717) is 18.7 Å². The van der Waals surface area contributed by atoms with Crippen LogP contribution >= 0.6 is 0 Å². The van der Waals surface area contributed by atoms with Gasteiger partial charge in [0.05, 0.1) is 17.3 Å². The molecule has 1 saturated carbocycles. The van der Waals surface area contributed by atoms with Crippen LogP contribution in [0.4, 0.5) is 10.1 Å². The van der Waals surface area contributed by atoms with Gasteiger partial charge in [-0.3, -0.25) is 24.2 Å². The third-order valence-corrected chi connectivity index (χ3v) is 9.73. The largest absolute Gasteiger partial charge is 0.508 e. The van der Waals surface area contributed by atoms with Crippen LogP contribution in [0.3, 0.4) is 0 Å². The molecule has 1 saturated heterocycles. The zero-order chi connectivity index (χ0) is 29.0. The predicted molar refractivity (Wildman–Crippen MR) is 141 cm³/mol. The van der Waals surface area contributed by atoms with E-state index in [-0.39, 0.29) is 52.9 Å². The minimum absolute atomic E-state index is 0.0623. The van der Waals surface area contributed by atoms with Crippen molar-refractivity contribution in [1.29, 1.82) is 0 Å². The van der Waals surface area contributed by atoms with E-state index in [0.717, 1.165) is 13.0 Å². The summed E-state index contributed by atoms with van der Waals surface area (Å²) in [6, 6.07) is -1.44. The monoisotopic (exact) mass is 556 g/mol. The van der Waals surface area contributed by atoms with Crippen molar-refractivity contribution in [2.75, 3.05) is 39.0 Å². The second kappa shape index (κ2) is 8.76. The number of benzene rings is 1. The highest BCUT2D eigenvalue weighted by atomic mass is 19.1. The van der Waals surface area contributed by atoms with E-state index in [9.17, 15) is 34.8 Å². The number of nitrogens with one attached hydrogen (secondary N) is 1. The lowest BCUT2D eigenvalue weighted by molar-refractivity contribution is -0.153. The van der Waals surface area contributed by atoms with Gasteiger partial charge in [0.1, 0.15) is 28.7 Å². The molecule has 0 spiro atoms. The van der Waals surface area contributed by atoms with Crippen LogP contribution in [0.1, 0.15) is 42.5 Å². The Kier molecular flexibility index (Phi) is 5.85. The number of phenolic OH excluding ortho intramolecular Hbond substituents is 1. The summed E-state index contributed by atoms with van der Waals surface area (Å²) < 4.78 is 16.5. The second-order valence-electron chi connectivity index (χ2n) is 11.8. The number of carbonyl (C=O) groups is 3. The summed E-state index contributed by atoms with van der Waals surface area (Å²) in [5.41, 5.74) is 1.78. The van der Waals surface area contributed by atoms with Crippen LogP contribution < -0.4 is 11.1 Å². The fourth-order valence-electron chi connectivity index (χ4n) is 7.96. The SMILES string of the molecule is CCN1CC[C@H]2CNc3c(O)c4c(c(F)c3[C@H]21)C[C@H]1C[C@H]2[C@H](N(C)C)C(=O)C(C(N)=O)=C(O)[C@@]2(O)C(=O)C1=C4O. The number of hydrogen-bond acceptors (Lipinski definition) is 10. The number of nitrogens with two attached hydrogens (primary N) is 1. The Morgan fingerprint density at radius 1 is 1.25 bits per heavy atom. The number of amides is 1. The van der Waals surface area contributed by atoms with Gasteiger partial charge in [0, 0.05) is 35.2 Å².